The van der Waals surface area contributed by atoms with Crippen molar-refractivity contribution >= 4 is 11.7 Å². The van der Waals surface area contributed by atoms with Crippen LogP contribution in [0.3, 0.4) is 0 Å². The van der Waals surface area contributed by atoms with Gasteiger partial charge in [-0.3, -0.25) is 14.9 Å². The number of H-pyrrole nitrogens is 1. The molecule has 0 fully saturated rings. The first-order chi connectivity index (χ1) is 8.16. The molecule has 0 saturated heterocycles. The molecule has 17 heavy (non-hydrogen) atoms. The fourth-order valence-corrected chi connectivity index (χ4v) is 1.46. The van der Waals surface area contributed by atoms with Gasteiger partial charge in [0, 0.05) is 18.5 Å². The zero-order chi connectivity index (χ0) is 12.3. The van der Waals surface area contributed by atoms with E-state index in [2.05, 4.69) is 20.5 Å². The Morgan fingerprint density at radius 1 is 1.47 bits per heavy atom. The molecule has 1 unspecified atom stereocenters. The summed E-state index contributed by atoms with van der Waals surface area (Å²) in [6.07, 6.45) is 3.37. The Labute approximate surface area is 98.3 Å². The van der Waals surface area contributed by atoms with Gasteiger partial charge < -0.3 is 11.1 Å². The number of anilines is 1. The second-order valence-corrected chi connectivity index (χ2v) is 3.68. The summed E-state index contributed by atoms with van der Waals surface area (Å²) in [5.41, 5.74) is 6.76. The van der Waals surface area contributed by atoms with Crippen LogP contribution >= 0.6 is 0 Å². The maximum atomic E-state index is 11.8. The van der Waals surface area contributed by atoms with Crippen LogP contribution in [0.5, 0.6) is 0 Å². The number of hydrogen-bond acceptors (Lipinski definition) is 4. The summed E-state index contributed by atoms with van der Waals surface area (Å²) in [5, 5.41) is 9.09. The fourth-order valence-electron chi connectivity index (χ4n) is 1.46. The summed E-state index contributed by atoms with van der Waals surface area (Å²) in [4.78, 5) is 15.7. The summed E-state index contributed by atoms with van der Waals surface area (Å²) in [6, 6.07) is 5.10. The number of nitrogens with one attached hydrogen (secondary N) is 2. The maximum absolute atomic E-state index is 11.8. The van der Waals surface area contributed by atoms with Gasteiger partial charge in [0.25, 0.3) is 5.91 Å². The van der Waals surface area contributed by atoms with Crippen LogP contribution in [0.2, 0.25) is 0 Å². The SMILES string of the molecule is CC(NC(=O)c1cc(N)n[nH]1)c1ccncc1. The number of aromatic amines is 1. The minimum absolute atomic E-state index is 0.102. The van der Waals surface area contributed by atoms with Gasteiger partial charge in [0.15, 0.2) is 0 Å². The van der Waals surface area contributed by atoms with Crippen LogP contribution in [-0.2, 0) is 0 Å². The second kappa shape index (κ2) is 4.65. The molecule has 4 N–H and O–H groups in total. The average Bonchev–Trinajstić information content (AvgIpc) is 2.77. The highest BCUT2D eigenvalue weighted by Crippen LogP contribution is 2.11. The molecule has 0 aromatic carbocycles. The Kier molecular flexibility index (Phi) is 3.04. The highest BCUT2D eigenvalue weighted by Gasteiger charge is 2.12. The molecular formula is C11H13N5O. The van der Waals surface area contributed by atoms with Crippen molar-refractivity contribution in [2.24, 2.45) is 0 Å². The molecule has 1 amide bonds. The Morgan fingerprint density at radius 3 is 2.76 bits per heavy atom. The van der Waals surface area contributed by atoms with Crippen LogP contribution in [0.25, 0.3) is 0 Å². The number of nitrogens with zero attached hydrogens (tertiary/aromatic N) is 2. The Morgan fingerprint density at radius 2 is 2.18 bits per heavy atom. The normalized spacial score (nSPS) is 12.1. The molecule has 2 aromatic rings. The molecule has 88 valence electrons. The van der Waals surface area contributed by atoms with E-state index in [4.69, 9.17) is 5.73 Å². The molecule has 0 aliphatic carbocycles. The number of nitrogens with two attached hydrogens (primary N) is 1. The molecule has 2 heterocycles. The Balaban J connectivity index is 2.04. The van der Waals surface area contributed by atoms with Gasteiger partial charge in [-0.1, -0.05) is 0 Å². The topological polar surface area (TPSA) is 96.7 Å². The van der Waals surface area contributed by atoms with Gasteiger partial charge in [-0.2, -0.15) is 5.10 Å². The van der Waals surface area contributed by atoms with Gasteiger partial charge in [0.2, 0.25) is 0 Å². The summed E-state index contributed by atoms with van der Waals surface area (Å²) >= 11 is 0. The average molecular weight is 231 g/mol. The highest BCUT2D eigenvalue weighted by atomic mass is 16.2. The van der Waals surface area contributed by atoms with E-state index < -0.39 is 0 Å². The van der Waals surface area contributed by atoms with Crippen LogP contribution in [0, 0.1) is 0 Å². The molecule has 0 aliphatic rings. The van der Waals surface area contributed by atoms with E-state index in [0.29, 0.717) is 11.5 Å². The molecule has 2 rings (SSSR count). The number of carbonyl (C=O) groups excluding carboxylic acids is 1. The smallest absolute Gasteiger partial charge is 0.269 e. The second-order valence-electron chi connectivity index (χ2n) is 3.68. The van der Waals surface area contributed by atoms with Crippen molar-refractivity contribution in [1.29, 1.82) is 0 Å². The minimum Gasteiger partial charge on any atom is -0.382 e. The molecule has 0 bridgehead atoms. The van der Waals surface area contributed by atoms with Crippen molar-refractivity contribution in [2.75, 3.05) is 5.73 Å². The van der Waals surface area contributed by atoms with Gasteiger partial charge in [-0.15, -0.1) is 0 Å². The Bertz CT molecular complexity index is 508. The quantitative estimate of drug-likeness (QED) is 0.730. The number of rotatable bonds is 3. The third-order valence-corrected chi connectivity index (χ3v) is 2.40. The van der Waals surface area contributed by atoms with E-state index >= 15 is 0 Å². The lowest BCUT2D eigenvalue weighted by atomic mass is 10.1. The van der Waals surface area contributed by atoms with Gasteiger partial charge in [0.1, 0.15) is 11.5 Å². The maximum Gasteiger partial charge on any atom is 0.269 e. The van der Waals surface area contributed by atoms with Crippen molar-refractivity contribution < 1.29 is 4.79 Å². The van der Waals surface area contributed by atoms with Crippen LogP contribution in [0.15, 0.2) is 30.6 Å². The van der Waals surface area contributed by atoms with Crippen LogP contribution < -0.4 is 11.1 Å². The molecule has 0 aliphatic heterocycles. The van der Waals surface area contributed by atoms with Crippen LogP contribution in [0.4, 0.5) is 5.82 Å². The van der Waals surface area contributed by atoms with E-state index in [9.17, 15) is 4.79 Å². The number of hydrogen-bond donors (Lipinski definition) is 3. The van der Waals surface area contributed by atoms with Crippen molar-refractivity contribution in [3.05, 3.63) is 41.9 Å². The van der Waals surface area contributed by atoms with E-state index in [0.717, 1.165) is 5.56 Å². The molecule has 1 atom stereocenters. The fraction of sp³-hybridized carbons (Fsp3) is 0.182. The van der Waals surface area contributed by atoms with E-state index in [1.165, 1.54) is 6.07 Å². The molecule has 0 spiro atoms. The van der Waals surface area contributed by atoms with Crippen molar-refractivity contribution in [1.82, 2.24) is 20.5 Å². The standard InChI is InChI=1S/C11H13N5O/c1-7(8-2-4-13-5-3-8)14-11(17)9-6-10(12)16-15-9/h2-7H,1H3,(H,14,17)(H3,12,15,16). The van der Waals surface area contributed by atoms with Gasteiger partial charge in [-0.05, 0) is 24.6 Å². The number of aromatic nitrogens is 3. The molecule has 0 saturated carbocycles. The van der Waals surface area contributed by atoms with Crippen LogP contribution in [0.1, 0.15) is 29.0 Å². The van der Waals surface area contributed by atoms with E-state index in [1.54, 1.807) is 12.4 Å². The van der Waals surface area contributed by atoms with Gasteiger partial charge in [-0.25, -0.2) is 0 Å². The predicted octanol–water partition coefficient (Wildman–Crippen LogP) is 0.878. The van der Waals surface area contributed by atoms with Crippen LogP contribution in [-0.4, -0.2) is 21.1 Å². The highest BCUT2D eigenvalue weighted by molar-refractivity contribution is 5.93. The number of amides is 1. The zero-order valence-corrected chi connectivity index (χ0v) is 9.34. The number of pyridine rings is 1. The lowest BCUT2D eigenvalue weighted by Crippen LogP contribution is -2.26. The first kappa shape index (κ1) is 11.1. The first-order valence-corrected chi connectivity index (χ1v) is 5.18. The first-order valence-electron chi connectivity index (χ1n) is 5.18. The summed E-state index contributed by atoms with van der Waals surface area (Å²) in [7, 11) is 0. The molecule has 2 aromatic heterocycles. The molecule has 0 radical (unpaired) electrons. The lowest BCUT2D eigenvalue weighted by molar-refractivity contribution is 0.0935. The number of carbonyl (C=O) groups is 1. The van der Waals surface area contributed by atoms with Gasteiger partial charge >= 0.3 is 0 Å². The third-order valence-electron chi connectivity index (χ3n) is 2.40. The molecule has 6 heteroatoms. The van der Waals surface area contributed by atoms with Crippen molar-refractivity contribution in [3.8, 4) is 0 Å². The number of nitrogen functional groups attached to an aromatic ring is 1. The largest absolute Gasteiger partial charge is 0.382 e. The van der Waals surface area contributed by atoms with Gasteiger partial charge in [0.05, 0.1) is 6.04 Å². The third kappa shape index (κ3) is 2.60. The molecule has 6 nitrogen and oxygen atoms in total. The lowest BCUT2D eigenvalue weighted by Gasteiger charge is -2.12. The van der Waals surface area contributed by atoms with E-state index in [1.807, 2.05) is 19.1 Å². The summed E-state index contributed by atoms with van der Waals surface area (Å²) < 4.78 is 0. The van der Waals surface area contributed by atoms with Crippen molar-refractivity contribution in [2.45, 2.75) is 13.0 Å². The summed E-state index contributed by atoms with van der Waals surface area (Å²) in [6.45, 7) is 1.90. The molecular weight excluding hydrogens is 218 g/mol. The minimum atomic E-state index is -0.237. The van der Waals surface area contributed by atoms with E-state index in [-0.39, 0.29) is 11.9 Å². The zero-order valence-electron chi connectivity index (χ0n) is 9.34. The Hall–Kier alpha value is -2.37. The predicted molar refractivity (Wildman–Crippen MR) is 63.1 cm³/mol. The monoisotopic (exact) mass is 231 g/mol. The van der Waals surface area contributed by atoms with Crippen molar-refractivity contribution in [3.63, 3.8) is 0 Å². The summed E-state index contributed by atoms with van der Waals surface area (Å²) in [5.74, 6) is 0.0604.